The van der Waals surface area contributed by atoms with Crippen LogP contribution in [0.5, 0.6) is 11.5 Å². The Bertz CT molecular complexity index is 1260. The average molecular weight is 502 g/mol. The summed E-state index contributed by atoms with van der Waals surface area (Å²) in [6.07, 6.45) is 0. The van der Waals surface area contributed by atoms with Crippen molar-refractivity contribution in [2.75, 3.05) is 25.2 Å². The molecule has 2 saturated heterocycles. The minimum atomic E-state index is -0.433. The Balaban J connectivity index is 1.55. The summed E-state index contributed by atoms with van der Waals surface area (Å²) >= 11 is 0. The number of fused-ring (bicyclic) bond motifs is 1. The van der Waals surface area contributed by atoms with Gasteiger partial charge in [0.25, 0.3) is 0 Å². The molecule has 4 atom stereocenters. The smallest absolute Gasteiger partial charge is 0.338 e. The molecular formula is C29H31N3O5. The van der Waals surface area contributed by atoms with Crippen LogP contribution in [0.2, 0.25) is 0 Å². The van der Waals surface area contributed by atoms with Gasteiger partial charge in [0.1, 0.15) is 17.5 Å². The number of carbonyl (C=O) groups excluding carboxylic acids is 2. The predicted molar refractivity (Wildman–Crippen MR) is 140 cm³/mol. The lowest BCUT2D eigenvalue weighted by Gasteiger charge is -2.31. The summed E-state index contributed by atoms with van der Waals surface area (Å²) in [4.78, 5) is 27.8. The highest BCUT2D eigenvalue weighted by Gasteiger charge is 2.56. The highest BCUT2D eigenvalue weighted by Crippen LogP contribution is 2.49. The van der Waals surface area contributed by atoms with Crippen molar-refractivity contribution in [3.8, 4) is 11.5 Å². The molecule has 0 bridgehead atoms. The molecule has 3 aromatic carbocycles. The molecule has 1 amide bonds. The summed E-state index contributed by atoms with van der Waals surface area (Å²) < 4.78 is 16.2. The first-order valence-electron chi connectivity index (χ1n) is 12.5. The zero-order chi connectivity index (χ0) is 25.9. The quantitative estimate of drug-likeness (QED) is 0.448. The molecule has 3 aromatic rings. The Labute approximate surface area is 216 Å². The fourth-order valence-electron chi connectivity index (χ4n) is 5.32. The molecule has 2 N–H and O–H groups in total. The highest BCUT2D eigenvalue weighted by atomic mass is 16.5. The summed E-state index contributed by atoms with van der Waals surface area (Å²) in [7, 11) is 1.63. The number of nitrogens with one attached hydrogen (secondary N) is 2. The van der Waals surface area contributed by atoms with Crippen LogP contribution in [0.25, 0.3) is 0 Å². The van der Waals surface area contributed by atoms with Gasteiger partial charge in [0.15, 0.2) is 0 Å². The number of nitrogens with zero attached hydrogens (tertiary/aromatic N) is 1. The molecule has 8 nitrogen and oxygen atoms in total. The molecule has 8 heteroatoms. The second-order valence-electron chi connectivity index (χ2n) is 9.02. The van der Waals surface area contributed by atoms with Gasteiger partial charge in [-0.05, 0) is 73.5 Å². The number of hydrogen-bond donors (Lipinski definition) is 2. The zero-order valence-corrected chi connectivity index (χ0v) is 21.1. The molecule has 4 unspecified atom stereocenters. The summed E-state index contributed by atoms with van der Waals surface area (Å²) in [5.74, 6) is 1.00. The fraction of sp³-hybridized carbons (Fsp3) is 0.310. The van der Waals surface area contributed by atoms with Crippen molar-refractivity contribution >= 4 is 17.6 Å². The Morgan fingerprint density at radius 2 is 1.59 bits per heavy atom. The van der Waals surface area contributed by atoms with E-state index in [9.17, 15) is 9.59 Å². The van der Waals surface area contributed by atoms with Gasteiger partial charge in [-0.25, -0.2) is 15.6 Å². The third kappa shape index (κ3) is 4.65. The summed E-state index contributed by atoms with van der Waals surface area (Å²) in [6.45, 7) is 4.63. The number of rotatable bonds is 8. The lowest BCUT2D eigenvalue weighted by atomic mass is 9.83. The van der Waals surface area contributed by atoms with E-state index in [-0.39, 0.29) is 29.9 Å². The van der Waals surface area contributed by atoms with Crippen LogP contribution in [0, 0.1) is 5.92 Å². The van der Waals surface area contributed by atoms with Gasteiger partial charge in [0.05, 0.1) is 38.0 Å². The maximum absolute atomic E-state index is 13.8. The number of hydrogen-bond acceptors (Lipinski definition) is 7. The zero-order valence-electron chi connectivity index (χ0n) is 21.1. The first-order valence-corrected chi connectivity index (χ1v) is 12.5. The Morgan fingerprint density at radius 1 is 0.865 bits per heavy atom. The maximum Gasteiger partial charge on any atom is 0.338 e. The molecule has 0 aromatic heterocycles. The van der Waals surface area contributed by atoms with Gasteiger partial charge in [-0.2, -0.15) is 0 Å². The van der Waals surface area contributed by atoms with Crippen LogP contribution in [0.1, 0.15) is 47.4 Å². The van der Waals surface area contributed by atoms with Crippen LogP contribution < -0.4 is 25.2 Å². The Hall–Kier alpha value is -3.88. The Kier molecular flexibility index (Phi) is 7.12. The first-order chi connectivity index (χ1) is 18.0. The van der Waals surface area contributed by atoms with Gasteiger partial charge in [-0.1, -0.05) is 24.3 Å². The topological polar surface area (TPSA) is 89.1 Å². The normalized spacial score (nSPS) is 22.6. The lowest BCUT2D eigenvalue weighted by Crippen LogP contribution is -2.41. The molecule has 192 valence electrons. The van der Waals surface area contributed by atoms with Gasteiger partial charge in [0.2, 0.25) is 5.91 Å². The third-order valence-electron chi connectivity index (χ3n) is 6.95. The van der Waals surface area contributed by atoms with E-state index in [1.54, 1.807) is 38.3 Å². The van der Waals surface area contributed by atoms with Crippen molar-refractivity contribution in [2.24, 2.45) is 5.92 Å². The SMILES string of the molecule is CCOC(=O)c1ccc(N2C(=O)C3NNC(c4ccc(OCC)cc4)C3C2c2cccc(OC)c2)cc1. The van der Waals surface area contributed by atoms with E-state index in [0.29, 0.717) is 24.5 Å². The van der Waals surface area contributed by atoms with E-state index < -0.39 is 6.04 Å². The number of esters is 1. The van der Waals surface area contributed by atoms with Crippen molar-refractivity contribution < 1.29 is 23.8 Å². The predicted octanol–water partition coefficient (Wildman–Crippen LogP) is 4.19. The minimum absolute atomic E-state index is 0.0392. The maximum atomic E-state index is 13.8. The largest absolute Gasteiger partial charge is 0.497 e. The number of carbonyl (C=O) groups is 2. The molecule has 2 aliphatic rings. The third-order valence-corrected chi connectivity index (χ3v) is 6.95. The van der Waals surface area contributed by atoms with Crippen molar-refractivity contribution in [3.63, 3.8) is 0 Å². The molecule has 0 radical (unpaired) electrons. The molecule has 0 spiro atoms. The van der Waals surface area contributed by atoms with E-state index in [0.717, 1.165) is 22.6 Å². The van der Waals surface area contributed by atoms with Crippen molar-refractivity contribution in [1.29, 1.82) is 0 Å². The standard InChI is InChI=1S/C29H31N3O5/c1-4-36-22-15-11-18(12-16-22)25-24-26(31-30-25)28(33)32(27(24)20-7-6-8-23(17-20)35-3)21-13-9-19(10-14-21)29(34)37-5-2/h6-17,24-27,30-31H,4-5H2,1-3H3. The number of methoxy groups -OCH3 is 1. The minimum Gasteiger partial charge on any atom is -0.497 e. The van der Waals surface area contributed by atoms with E-state index in [1.165, 1.54) is 0 Å². The molecule has 0 saturated carbocycles. The van der Waals surface area contributed by atoms with Gasteiger partial charge in [-0.3, -0.25) is 4.79 Å². The monoisotopic (exact) mass is 501 g/mol. The van der Waals surface area contributed by atoms with Crippen LogP contribution in [0.3, 0.4) is 0 Å². The second kappa shape index (κ2) is 10.6. The number of amides is 1. The number of ether oxygens (including phenoxy) is 3. The molecule has 2 fully saturated rings. The average Bonchev–Trinajstić information content (AvgIpc) is 3.48. The molecule has 5 rings (SSSR count). The van der Waals surface area contributed by atoms with Gasteiger partial charge >= 0.3 is 5.97 Å². The first kappa shape index (κ1) is 24.8. The molecule has 37 heavy (non-hydrogen) atoms. The summed E-state index contributed by atoms with van der Waals surface area (Å²) in [5.41, 5.74) is 9.81. The Morgan fingerprint density at radius 3 is 2.27 bits per heavy atom. The van der Waals surface area contributed by atoms with Crippen LogP contribution in [0.15, 0.2) is 72.8 Å². The molecule has 2 aliphatic heterocycles. The van der Waals surface area contributed by atoms with Crippen LogP contribution in [0.4, 0.5) is 5.69 Å². The second-order valence-corrected chi connectivity index (χ2v) is 9.02. The van der Waals surface area contributed by atoms with E-state index in [2.05, 4.69) is 10.9 Å². The van der Waals surface area contributed by atoms with Crippen molar-refractivity contribution in [3.05, 3.63) is 89.5 Å². The highest BCUT2D eigenvalue weighted by molar-refractivity contribution is 6.02. The number of anilines is 1. The summed E-state index contributed by atoms with van der Waals surface area (Å²) in [5, 5.41) is 0. The van der Waals surface area contributed by atoms with E-state index in [1.807, 2.05) is 60.4 Å². The van der Waals surface area contributed by atoms with E-state index in [4.69, 9.17) is 14.2 Å². The van der Waals surface area contributed by atoms with E-state index >= 15 is 0 Å². The van der Waals surface area contributed by atoms with Crippen molar-refractivity contribution in [1.82, 2.24) is 10.9 Å². The molecular weight excluding hydrogens is 470 g/mol. The van der Waals surface area contributed by atoms with Crippen LogP contribution >= 0.6 is 0 Å². The molecule has 0 aliphatic carbocycles. The summed E-state index contributed by atoms with van der Waals surface area (Å²) in [6, 6.07) is 22.0. The van der Waals surface area contributed by atoms with Gasteiger partial charge in [0, 0.05) is 11.6 Å². The van der Waals surface area contributed by atoms with Crippen LogP contribution in [-0.4, -0.2) is 38.2 Å². The van der Waals surface area contributed by atoms with Crippen molar-refractivity contribution in [2.45, 2.75) is 32.0 Å². The number of benzene rings is 3. The van der Waals surface area contributed by atoms with Crippen LogP contribution in [-0.2, 0) is 9.53 Å². The number of hydrazine groups is 1. The lowest BCUT2D eigenvalue weighted by molar-refractivity contribution is -0.119. The fourth-order valence-corrected chi connectivity index (χ4v) is 5.32. The van der Waals surface area contributed by atoms with Gasteiger partial charge < -0.3 is 19.1 Å². The van der Waals surface area contributed by atoms with Gasteiger partial charge in [-0.15, -0.1) is 0 Å². The molecule has 2 heterocycles.